The maximum absolute atomic E-state index is 13.4. The molecule has 3 rings (SSSR count). The summed E-state index contributed by atoms with van der Waals surface area (Å²) in [7, 11) is 0. The van der Waals surface area contributed by atoms with Crippen molar-refractivity contribution in [2.24, 2.45) is 0 Å². The predicted octanol–water partition coefficient (Wildman–Crippen LogP) is 4.25. The van der Waals surface area contributed by atoms with E-state index in [1.807, 2.05) is 12.2 Å². The van der Waals surface area contributed by atoms with Crippen molar-refractivity contribution in [1.29, 1.82) is 5.26 Å². The second-order valence-corrected chi connectivity index (χ2v) is 5.84. The van der Waals surface area contributed by atoms with E-state index in [2.05, 4.69) is 15.0 Å². The predicted molar refractivity (Wildman–Crippen MR) is 89.6 cm³/mol. The molecule has 1 aliphatic heterocycles. The van der Waals surface area contributed by atoms with Crippen molar-refractivity contribution >= 4 is 10.9 Å². The molecular weight excluding hydrogens is 362 g/mol. The average Bonchev–Trinajstić information content (AvgIpc) is 3.07. The van der Waals surface area contributed by atoms with Crippen LogP contribution in [0.25, 0.3) is 15.7 Å². The van der Waals surface area contributed by atoms with Gasteiger partial charge in [0.05, 0.1) is 41.0 Å². The largest absolute Gasteiger partial charge is 0.362 e. The van der Waals surface area contributed by atoms with E-state index in [1.54, 1.807) is 18.2 Å². The molecule has 1 aromatic carbocycles. The molecule has 9 heteroatoms. The summed E-state index contributed by atoms with van der Waals surface area (Å²) in [5.74, 6) is -1.30. The number of benzene rings is 1. The van der Waals surface area contributed by atoms with Crippen LogP contribution in [-0.2, 0) is 6.42 Å². The zero-order chi connectivity index (χ0) is 19.7. The first kappa shape index (κ1) is 18.5. The minimum absolute atomic E-state index is 0.305. The van der Waals surface area contributed by atoms with E-state index in [0.29, 0.717) is 22.9 Å². The summed E-state index contributed by atoms with van der Waals surface area (Å²) in [4.78, 5) is 3.14. The Morgan fingerprint density at radius 1 is 1.26 bits per heavy atom. The monoisotopic (exact) mass is 375 g/mol. The minimum Gasteiger partial charge on any atom is -0.362 e. The number of rotatable bonds is 4. The molecule has 0 saturated carbocycles. The molecule has 2 heterocycles. The van der Waals surface area contributed by atoms with Gasteiger partial charge >= 0.3 is 0 Å². The summed E-state index contributed by atoms with van der Waals surface area (Å²) < 4.78 is 53.6. The zero-order valence-electron chi connectivity index (χ0n) is 14.0. The maximum atomic E-state index is 13.4. The van der Waals surface area contributed by atoms with Crippen molar-refractivity contribution in [2.75, 3.05) is 0 Å². The number of aryl methyl sites for hydroxylation is 1. The lowest BCUT2D eigenvalue weighted by Gasteiger charge is -2.28. The van der Waals surface area contributed by atoms with Crippen molar-refractivity contribution in [3.05, 3.63) is 63.5 Å². The summed E-state index contributed by atoms with van der Waals surface area (Å²) in [5.41, 5.74) is -1.00. The topological polar surface area (TPSA) is 68.9 Å². The Hall–Kier alpha value is -3.33. The second-order valence-electron chi connectivity index (χ2n) is 5.84. The van der Waals surface area contributed by atoms with Gasteiger partial charge in [0.2, 0.25) is 5.70 Å². The number of hydrogen-bond acceptors (Lipinski definition) is 3. The molecule has 0 aliphatic carbocycles. The molecular formula is C18H13F4N5. The van der Waals surface area contributed by atoms with Crippen molar-refractivity contribution < 1.29 is 17.6 Å². The molecule has 1 aliphatic rings. The first-order valence-electron chi connectivity index (χ1n) is 7.98. The highest BCUT2D eigenvalue weighted by Crippen LogP contribution is 2.41. The number of aromatic nitrogens is 2. The SMILES string of the molecule is [C-]#[N+]C1=C(C(F)F)NC(C(F)F)=C(C#N)C1c1ccc2n[nH]c(CC)c2c1. The summed E-state index contributed by atoms with van der Waals surface area (Å²) in [6, 6.07) is 6.38. The Labute approximate surface area is 151 Å². The number of allylic oxidation sites excluding steroid dienone is 3. The highest BCUT2D eigenvalue weighted by molar-refractivity contribution is 5.82. The molecule has 1 aromatic heterocycles. The molecule has 1 unspecified atom stereocenters. The van der Waals surface area contributed by atoms with Crippen molar-refractivity contribution in [3.63, 3.8) is 0 Å². The number of aromatic amines is 1. The van der Waals surface area contributed by atoms with Gasteiger partial charge in [-0.1, -0.05) is 13.0 Å². The van der Waals surface area contributed by atoms with E-state index in [9.17, 15) is 22.8 Å². The van der Waals surface area contributed by atoms with Gasteiger partial charge in [0.15, 0.2) is 0 Å². The molecule has 0 radical (unpaired) electrons. The van der Waals surface area contributed by atoms with Crippen LogP contribution in [0.1, 0.15) is 24.1 Å². The van der Waals surface area contributed by atoms with Crippen LogP contribution in [0.2, 0.25) is 0 Å². The van der Waals surface area contributed by atoms with Gasteiger partial charge in [-0.15, -0.1) is 0 Å². The Balaban J connectivity index is 2.29. The van der Waals surface area contributed by atoms with Crippen LogP contribution in [-0.4, -0.2) is 23.0 Å². The number of H-pyrrole nitrogens is 1. The summed E-state index contributed by atoms with van der Waals surface area (Å²) in [5, 5.41) is 19.0. The molecule has 2 aromatic rings. The van der Waals surface area contributed by atoms with Gasteiger partial charge in [0.1, 0.15) is 0 Å². The van der Waals surface area contributed by atoms with Gasteiger partial charge in [-0.05, 0) is 24.1 Å². The minimum atomic E-state index is -3.16. The van der Waals surface area contributed by atoms with Crippen molar-refractivity contribution in [3.8, 4) is 6.07 Å². The molecule has 0 amide bonds. The number of fused-ring (bicyclic) bond motifs is 1. The van der Waals surface area contributed by atoms with Crippen LogP contribution in [0.5, 0.6) is 0 Å². The van der Waals surface area contributed by atoms with E-state index in [4.69, 9.17) is 6.57 Å². The Kier molecular flexibility index (Phi) is 4.87. The third-order valence-electron chi connectivity index (χ3n) is 4.42. The molecule has 27 heavy (non-hydrogen) atoms. The van der Waals surface area contributed by atoms with E-state index >= 15 is 0 Å². The first-order valence-corrected chi connectivity index (χ1v) is 7.98. The molecule has 5 nitrogen and oxygen atoms in total. The van der Waals surface area contributed by atoms with Crippen LogP contribution in [0.3, 0.4) is 0 Å². The molecule has 0 bridgehead atoms. The third kappa shape index (κ3) is 3.02. The zero-order valence-corrected chi connectivity index (χ0v) is 14.0. The smallest absolute Gasteiger partial charge is 0.279 e. The van der Waals surface area contributed by atoms with Gasteiger partial charge in [0, 0.05) is 11.1 Å². The number of halogens is 4. The number of alkyl halides is 4. The Morgan fingerprint density at radius 2 is 1.96 bits per heavy atom. The van der Waals surface area contributed by atoms with Gasteiger partial charge in [-0.3, -0.25) is 5.10 Å². The Bertz CT molecular complexity index is 994. The maximum Gasteiger partial charge on any atom is 0.279 e. The van der Waals surface area contributed by atoms with Crippen LogP contribution in [0.15, 0.2) is 40.9 Å². The number of nitrogens with zero attached hydrogens (tertiary/aromatic N) is 3. The highest BCUT2D eigenvalue weighted by Gasteiger charge is 2.38. The number of nitrogens with one attached hydrogen (secondary N) is 2. The molecule has 138 valence electrons. The van der Waals surface area contributed by atoms with Gasteiger partial charge in [-0.25, -0.2) is 22.4 Å². The summed E-state index contributed by atoms with van der Waals surface area (Å²) in [6.45, 7) is 9.19. The fraction of sp³-hybridized carbons (Fsp3) is 0.278. The lowest BCUT2D eigenvalue weighted by atomic mass is 9.84. The van der Waals surface area contributed by atoms with Gasteiger partial charge < -0.3 is 5.32 Å². The van der Waals surface area contributed by atoms with E-state index in [1.165, 1.54) is 6.07 Å². The van der Waals surface area contributed by atoms with E-state index in [-0.39, 0.29) is 0 Å². The van der Waals surface area contributed by atoms with E-state index in [0.717, 1.165) is 5.69 Å². The normalized spacial score (nSPS) is 17.4. The highest BCUT2D eigenvalue weighted by atomic mass is 19.3. The fourth-order valence-electron chi connectivity index (χ4n) is 3.17. The van der Waals surface area contributed by atoms with Crippen LogP contribution >= 0.6 is 0 Å². The molecule has 0 fully saturated rings. The number of hydrogen-bond donors (Lipinski definition) is 2. The summed E-state index contributed by atoms with van der Waals surface area (Å²) in [6.07, 6.45) is -5.70. The molecule has 0 spiro atoms. The van der Waals surface area contributed by atoms with Crippen molar-refractivity contribution in [1.82, 2.24) is 15.5 Å². The molecule has 1 atom stereocenters. The second kappa shape index (κ2) is 7.12. The standard InChI is InChI=1S/C18H13F4N5/c1-3-11-9-6-8(4-5-12(9)27-26-11)13-10(7-23)14(17(19)20)25-16(18(21)22)15(13)24-2/h4-6,13,17-18,25H,3H2,1H3,(H,26,27). The number of dihydropyridines is 1. The molecule has 0 saturated heterocycles. The Morgan fingerprint density at radius 3 is 2.52 bits per heavy atom. The first-order chi connectivity index (χ1) is 12.9. The fourth-order valence-corrected chi connectivity index (χ4v) is 3.17. The van der Waals surface area contributed by atoms with E-state index < -0.39 is 41.4 Å². The number of nitriles is 1. The lowest BCUT2D eigenvalue weighted by molar-refractivity contribution is 0.159. The van der Waals surface area contributed by atoms with Crippen molar-refractivity contribution in [2.45, 2.75) is 32.1 Å². The van der Waals surface area contributed by atoms with Gasteiger partial charge in [0.25, 0.3) is 12.9 Å². The summed E-state index contributed by atoms with van der Waals surface area (Å²) >= 11 is 0. The average molecular weight is 375 g/mol. The van der Waals surface area contributed by atoms with Gasteiger partial charge in [-0.2, -0.15) is 10.4 Å². The molecule has 2 N–H and O–H groups in total. The van der Waals surface area contributed by atoms with Crippen LogP contribution in [0, 0.1) is 17.9 Å². The quantitative estimate of drug-likeness (QED) is 0.620. The lowest BCUT2D eigenvalue weighted by Crippen LogP contribution is -2.32. The van der Waals surface area contributed by atoms with Crippen LogP contribution < -0.4 is 5.32 Å². The van der Waals surface area contributed by atoms with Crippen LogP contribution in [0.4, 0.5) is 17.6 Å². The third-order valence-corrected chi connectivity index (χ3v) is 4.42.